The molecule has 0 aromatic rings. The fourth-order valence-electron chi connectivity index (χ4n) is 3.38. The first kappa shape index (κ1) is 13.3. The summed E-state index contributed by atoms with van der Waals surface area (Å²) in [5.41, 5.74) is 6.85. The van der Waals surface area contributed by atoms with Gasteiger partial charge in [0.1, 0.15) is 0 Å². The van der Waals surface area contributed by atoms with Crippen molar-refractivity contribution in [1.82, 2.24) is 4.90 Å². The van der Waals surface area contributed by atoms with Crippen LogP contribution in [0, 0.1) is 5.41 Å². The molecule has 1 aliphatic carbocycles. The molecule has 2 fully saturated rings. The van der Waals surface area contributed by atoms with Crippen molar-refractivity contribution >= 4 is 0 Å². The van der Waals surface area contributed by atoms with Crippen LogP contribution in [0.3, 0.4) is 0 Å². The van der Waals surface area contributed by atoms with Crippen LogP contribution in [0.25, 0.3) is 0 Å². The number of methoxy groups -OCH3 is 1. The van der Waals surface area contributed by atoms with Crippen LogP contribution in [-0.4, -0.2) is 43.3 Å². The van der Waals surface area contributed by atoms with Crippen molar-refractivity contribution in [2.75, 3.05) is 26.7 Å². The third kappa shape index (κ3) is 2.38. The number of piperidine rings is 1. The Balaban J connectivity index is 1.92. The van der Waals surface area contributed by atoms with Crippen LogP contribution in [-0.2, 0) is 4.74 Å². The van der Waals surface area contributed by atoms with E-state index in [9.17, 15) is 0 Å². The molecule has 0 spiro atoms. The third-order valence-corrected chi connectivity index (χ3v) is 5.42. The Bertz CT molecular complexity index is 253. The Hall–Kier alpha value is -0.120. The molecule has 1 heterocycles. The zero-order valence-electron chi connectivity index (χ0n) is 11.7. The van der Waals surface area contributed by atoms with E-state index < -0.39 is 0 Å². The minimum absolute atomic E-state index is 0.260. The van der Waals surface area contributed by atoms with Crippen LogP contribution in [0.4, 0.5) is 0 Å². The maximum atomic E-state index is 6.02. The Morgan fingerprint density at radius 1 is 1.29 bits per heavy atom. The lowest BCUT2D eigenvalue weighted by molar-refractivity contribution is -0.102. The van der Waals surface area contributed by atoms with E-state index in [0.29, 0.717) is 11.5 Å². The van der Waals surface area contributed by atoms with Gasteiger partial charge in [0.15, 0.2) is 0 Å². The van der Waals surface area contributed by atoms with Crippen molar-refractivity contribution in [2.45, 2.75) is 57.6 Å². The highest BCUT2D eigenvalue weighted by Gasteiger charge is 2.49. The van der Waals surface area contributed by atoms with E-state index >= 15 is 0 Å². The minimum Gasteiger partial charge on any atom is -0.381 e. The van der Waals surface area contributed by atoms with Gasteiger partial charge in [0, 0.05) is 19.2 Å². The summed E-state index contributed by atoms with van der Waals surface area (Å²) in [6.45, 7) is 7.97. The predicted octanol–water partition coefficient (Wildman–Crippen LogP) is 2.00. The van der Waals surface area contributed by atoms with Gasteiger partial charge in [-0.25, -0.2) is 0 Å². The maximum Gasteiger partial charge on any atom is 0.0607 e. The number of ether oxygens (including phenoxy) is 1. The van der Waals surface area contributed by atoms with Crippen LogP contribution < -0.4 is 5.73 Å². The first-order chi connectivity index (χ1) is 8.07. The second-order valence-electron chi connectivity index (χ2n) is 6.35. The molecule has 0 amide bonds. The largest absolute Gasteiger partial charge is 0.381 e. The smallest absolute Gasteiger partial charge is 0.0607 e. The standard InChI is InChI=1S/C14H28N2O/c1-4-13(2)5-7-16(8-6-13)14(11-15)9-12(10-14)17-3/h12H,4-11,15H2,1-3H3. The van der Waals surface area contributed by atoms with Gasteiger partial charge in [0.25, 0.3) is 0 Å². The molecule has 0 atom stereocenters. The first-order valence-corrected chi connectivity index (χ1v) is 7.05. The highest BCUT2D eigenvalue weighted by Crippen LogP contribution is 2.43. The van der Waals surface area contributed by atoms with Crippen LogP contribution in [0.15, 0.2) is 0 Å². The Morgan fingerprint density at radius 3 is 2.29 bits per heavy atom. The molecular weight excluding hydrogens is 212 g/mol. The molecule has 0 aromatic carbocycles. The Labute approximate surface area is 106 Å². The zero-order chi connectivity index (χ0) is 12.5. The molecule has 100 valence electrons. The van der Waals surface area contributed by atoms with Crippen LogP contribution in [0.1, 0.15) is 46.0 Å². The Kier molecular flexibility index (Phi) is 3.81. The van der Waals surface area contributed by atoms with Crippen LogP contribution >= 0.6 is 0 Å². The lowest BCUT2D eigenvalue weighted by Gasteiger charge is -2.56. The minimum atomic E-state index is 0.260. The lowest BCUT2D eigenvalue weighted by atomic mass is 9.70. The van der Waals surface area contributed by atoms with Gasteiger partial charge >= 0.3 is 0 Å². The monoisotopic (exact) mass is 240 g/mol. The average molecular weight is 240 g/mol. The lowest BCUT2D eigenvalue weighted by Crippen LogP contribution is -2.65. The number of hydrogen-bond donors (Lipinski definition) is 1. The highest BCUT2D eigenvalue weighted by atomic mass is 16.5. The average Bonchev–Trinajstić information content (AvgIpc) is 2.31. The van der Waals surface area contributed by atoms with E-state index in [-0.39, 0.29) is 5.54 Å². The van der Waals surface area contributed by atoms with Crippen LogP contribution in [0.2, 0.25) is 0 Å². The summed E-state index contributed by atoms with van der Waals surface area (Å²) in [4.78, 5) is 2.64. The van der Waals surface area contributed by atoms with E-state index in [1.807, 2.05) is 7.11 Å². The summed E-state index contributed by atoms with van der Waals surface area (Å²) in [5.74, 6) is 0. The van der Waals surface area contributed by atoms with Gasteiger partial charge in [0.2, 0.25) is 0 Å². The molecule has 0 radical (unpaired) electrons. The van der Waals surface area contributed by atoms with Gasteiger partial charge in [0.05, 0.1) is 6.10 Å². The molecule has 2 aliphatic rings. The molecular formula is C14H28N2O. The molecule has 0 unspecified atom stereocenters. The van der Waals surface area contributed by atoms with E-state index in [1.54, 1.807) is 0 Å². The zero-order valence-corrected chi connectivity index (χ0v) is 11.7. The second-order valence-corrected chi connectivity index (χ2v) is 6.35. The van der Waals surface area contributed by atoms with Crippen molar-refractivity contribution in [1.29, 1.82) is 0 Å². The topological polar surface area (TPSA) is 38.5 Å². The van der Waals surface area contributed by atoms with E-state index in [1.165, 1.54) is 32.4 Å². The Morgan fingerprint density at radius 2 is 1.88 bits per heavy atom. The van der Waals surface area contributed by atoms with Crippen LogP contribution in [0.5, 0.6) is 0 Å². The molecule has 0 aromatic heterocycles. The summed E-state index contributed by atoms with van der Waals surface area (Å²) in [5, 5.41) is 0. The van der Waals surface area contributed by atoms with Crippen molar-refractivity contribution < 1.29 is 4.74 Å². The van der Waals surface area contributed by atoms with Crippen molar-refractivity contribution in [2.24, 2.45) is 11.1 Å². The van der Waals surface area contributed by atoms with Gasteiger partial charge in [-0.1, -0.05) is 20.3 Å². The fourth-order valence-corrected chi connectivity index (χ4v) is 3.38. The van der Waals surface area contributed by atoms with Crippen molar-refractivity contribution in [3.63, 3.8) is 0 Å². The normalized spacial score (nSPS) is 37.8. The maximum absolute atomic E-state index is 6.02. The number of rotatable bonds is 4. The molecule has 3 heteroatoms. The van der Waals surface area contributed by atoms with Gasteiger partial charge in [-0.15, -0.1) is 0 Å². The van der Waals surface area contributed by atoms with Gasteiger partial charge in [-0.05, 0) is 44.2 Å². The van der Waals surface area contributed by atoms with E-state index in [2.05, 4.69) is 18.7 Å². The molecule has 1 saturated carbocycles. The van der Waals surface area contributed by atoms with Gasteiger partial charge < -0.3 is 10.5 Å². The predicted molar refractivity (Wildman–Crippen MR) is 71.0 cm³/mol. The molecule has 2 N–H and O–H groups in total. The quantitative estimate of drug-likeness (QED) is 0.817. The highest BCUT2D eigenvalue weighted by molar-refractivity contribution is 5.05. The third-order valence-electron chi connectivity index (χ3n) is 5.42. The van der Waals surface area contributed by atoms with Gasteiger partial charge in [-0.2, -0.15) is 0 Å². The number of likely N-dealkylation sites (tertiary alicyclic amines) is 1. The number of hydrogen-bond acceptors (Lipinski definition) is 3. The molecule has 1 saturated heterocycles. The summed E-state index contributed by atoms with van der Waals surface area (Å²) in [7, 11) is 1.81. The molecule has 2 rings (SSSR count). The number of nitrogens with two attached hydrogens (primary N) is 1. The molecule has 17 heavy (non-hydrogen) atoms. The van der Waals surface area contributed by atoms with E-state index in [0.717, 1.165) is 19.4 Å². The molecule has 3 nitrogen and oxygen atoms in total. The summed E-state index contributed by atoms with van der Waals surface area (Å²) >= 11 is 0. The summed E-state index contributed by atoms with van der Waals surface area (Å²) in [6, 6.07) is 0. The first-order valence-electron chi connectivity index (χ1n) is 7.05. The van der Waals surface area contributed by atoms with Crippen molar-refractivity contribution in [3.8, 4) is 0 Å². The SMILES string of the molecule is CCC1(C)CCN(C2(CN)CC(OC)C2)CC1. The van der Waals surface area contributed by atoms with E-state index in [4.69, 9.17) is 10.5 Å². The summed E-state index contributed by atoms with van der Waals surface area (Å²) in [6.07, 6.45) is 6.65. The fraction of sp³-hybridized carbons (Fsp3) is 1.00. The second kappa shape index (κ2) is 4.87. The summed E-state index contributed by atoms with van der Waals surface area (Å²) < 4.78 is 5.41. The van der Waals surface area contributed by atoms with Crippen molar-refractivity contribution in [3.05, 3.63) is 0 Å². The number of nitrogens with zero attached hydrogens (tertiary/aromatic N) is 1. The molecule has 0 bridgehead atoms. The van der Waals surface area contributed by atoms with Gasteiger partial charge in [-0.3, -0.25) is 4.90 Å². The molecule has 1 aliphatic heterocycles.